The zero-order valence-electron chi connectivity index (χ0n) is 11.3. The molecule has 2 rings (SSSR count). The number of β-amino-alcohol motifs (C(OH)–C–C–N with tert-alkyl or cyclic N) is 1. The van der Waals surface area contributed by atoms with Crippen LogP contribution in [0.3, 0.4) is 0 Å². The molecular weight excluding hydrogens is 224 g/mol. The summed E-state index contributed by atoms with van der Waals surface area (Å²) in [6.07, 6.45) is 0.861. The maximum atomic E-state index is 9.96. The lowest BCUT2D eigenvalue weighted by atomic mass is 9.95. The lowest BCUT2D eigenvalue weighted by Crippen LogP contribution is -2.35. The number of nitrogens with zero attached hydrogens (tertiary/aromatic N) is 1. The summed E-state index contributed by atoms with van der Waals surface area (Å²) in [4.78, 5) is 2.31. The number of likely N-dealkylation sites (tertiary alicyclic amines) is 1. The van der Waals surface area contributed by atoms with Crippen LogP contribution in [0.5, 0.6) is 0 Å². The van der Waals surface area contributed by atoms with Gasteiger partial charge < -0.3 is 15.7 Å². The lowest BCUT2D eigenvalue weighted by molar-refractivity contribution is 0.0664. The fraction of sp³-hybridized carbons (Fsp3) is 0.600. The fourth-order valence-electron chi connectivity index (χ4n) is 2.72. The van der Waals surface area contributed by atoms with E-state index in [-0.39, 0.29) is 6.04 Å². The molecule has 1 saturated heterocycles. The largest absolute Gasteiger partial charge is 0.389 e. The molecule has 0 aliphatic carbocycles. The molecule has 0 radical (unpaired) electrons. The van der Waals surface area contributed by atoms with E-state index >= 15 is 0 Å². The summed E-state index contributed by atoms with van der Waals surface area (Å²) >= 11 is 0. The van der Waals surface area contributed by atoms with Gasteiger partial charge in [-0.15, -0.1) is 0 Å². The molecule has 0 aromatic heterocycles. The minimum atomic E-state index is -0.517. The predicted octanol–water partition coefficient (Wildman–Crippen LogP) is 1.78. The first-order valence-corrected chi connectivity index (χ1v) is 6.73. The number of nitrogens with two attached hydrogens (primary N) is 1. The molecule has 100 valence electrons. The number of benzene rings is 1. The third-order valence-corrected chi connectivity index (χ3v) is 3.87. The zero-order chi connectivity index (χ0) is 13.2. The van der Waals surface area contributed by atoms with Gasteiger partial charge in [0.15, 0.2) is 0 Å². The van der Waals surface area contributed by atoms with Gasteiger partial charge in [0, 0.05) is 25.7 Å². The molecule has 3 heteroatoms. The van der Waals surface area contributed by atoms with E-state index in [9.17, 15) is 5.11 Å². The van der Waals surface area contributed by atoms with Crippen LogP contribution in [0.15, 0.2) is 30.3 Å². The second kappa shape index (κ2) is 5.39. The van der Waals surface area contributed by atoms with Crippen molar-refractivity contribution in [2.75, 3.05) is 19.6 Å². The third-order valence-electron chi connectivity index (χ3n) is 3.87. The standard InChI is InChI=1S/C15H24N2O/c1-12(10-17-9-8-15(2,18)11-17)14(16)13-6-4-3-5-7-13/h3-7,12,14,18H,8-11,16H2,1-2H3. The average Bonchev–Trinajstić information content (AvgIpc) is 2.68. The molecule has 0 bridgehead atoms. The first-order valence-electron chi connectivity index (χ1n) is 6.73. The SMILES string of the molecule is CC(CN1CCC(C)(O)C1)C(N)c1ccccc1. The summed E-state index contributed by atoms with van der Waals surface area (Å²) in [6, 6.07) is 10.3. The minimum absolute atomic E-state index is 0.0664. The highest BCUT2D eigenvalue weighted by molar-refractivity contribution is 5.19. The van der Waals surface area contributed by atoms with Gasteiger partial charge in [-0.05, 0) is 24.8 Å². The normalized spacial score (nSPS) is 28.2. The second-order valence-corrected chi connectivity index (χ2v) is 5.90. The van der Waals surface area contributed by atoms with Gasteiger partial charge in [0.2, 0.25) is 0 Å². The van der Waals surface area contributed by atoms with Crippen molar-refractivity contribution in [1.29, 1.82) is 0 Å². The molecule has 1 aliphatic rings. The van der Waals surface area contributed by atoms with Crippen LogP contribution in [0.2, 0.25) is 0 Å². The minimum Gasteiger partial charge on any atom is -0.389 e. The van der Waals surface area contributed by atoms with E-state index in [0.717, 1.165) is 26.1 Å². The van der Waals surface area contributed by atoms with E-state index in [4.69, 9.17) is 5.73 Å². The molecule has 3 unspecified atom stereocenters. The van der Waals surface area contributed by atoms with Gasteiger partial charge in [0.25, 0.3) is 0 Å². The molecule has 1 fully saturated rings. The molecule has 3 nitrogen and oxygen atoms in total. The van der Waals surface area contributed by atoms with Crippen LogP contribution in [0.1, 0.15) is 31.9 Å². The molecular formula is C15H24N2O. The quantitative estimate of drug-likeness (QED) is 0.854. The van der Waals surface area contributed by atoms with Crippen LogP contribution in [-0.2, 0) is 0 Å². The van der Waals surface area contributed by atoms with Crippen LogP contribution >= 0.6 is 0 Å². The summed E-state index contributed by atoms with van der Waals surface area (Å²) in [7, 11) is 0. The smallest absolute Gasteiger partial charge is 0.0758 e. The number of hydrogen-bond acceptors (Lipinski definition) is 3. The molecule has 0 spiro atoms. The summed E-state index contributed by atoms with van der Waals surface area (Å²) in [5, 5.41) is 9.96. The molecule has 1 aliphatic heterocycles. The topological polar surface area (TPSA) is 49.5 Å². The van der Waals surface area contributed by atoms with E-state index in [1.807, 2.05) is 25.1 Å². The van der Waals surface area contributed by atoms with Crippen LogP contribution in [0.25, 0.3) is 0 Å². The Bertz CT molecular complexity index is 377. The van der Waals surface area contributed by atoms with Gasteiger partial charge in [-0.2, -0.15) is 0 Å². The maximum absolute atomic E-state index is 9.96. The Morgan fingerprint density at radius 2 is 2.06 bits per heavy atom. The first-order chi connectivity index (χ1) is 8.48. The van der Waals surface area contributed by atoms with Crippen molar-refractivity contribution in [3.63, 3.8) is 0 Å². The monoisotopic (exact) mass is 248 g/mol. The number of rotatable bonds is 4. The molecule has 0 amide bonds. The Morgan fingerprint density at radius 3 is 2.61 bits per heavy atom. The summed E-state index contributed by atoms with van der Waals surface area (Å²) in [5.74, 6) is 0.390. The van der Waals surface area contributed by atoms with Crippen LogP contribution in [0, 0.1) is 5.92 Å². The van der Waals surface area contributed by atoms with Crippen LogP contribution < -0.4 is 5.73 Å². The van der Waals surface area contributed by atoms with Gasteiger partial charge in [-0.1, -0.05) is 37.3 Å². The van der Waals surface area contributed by atoms with Crippen LogP contribution in [-0.4, -0.2) is 35.2 Å². The van der Waals surface area contributed by atoms with Gasteiger partial charge >= 0.3 is 0 Å². The van der Waals surface area contributed by atoms with E-state index in [1.165, 1.54) is 5.56 Å². The molecule has 1 heterocycles. The summed E-state index contributed by atoms with van der Waals surface area (Å²) in [6.45, 7) is 6.78. The molecule has 0 saturated carbocycles. The van der Waals surface area contributed by atoms with Crippen molar-refractivity contribution in [2.24, 2.45) is 11.7 Å². The lowest BCUT2D eigenvalue weighted by Gasteiger charge is -2.26. The van der Waals surface area contributed by atoms with Crippen molar-refractivity contribution in [1.82, 2.24) is 4.90 Å². The highest BCUT2D eigenvalue weighted by Crippen LogP contribution is 2.25. The zero-order valence-corrected chi connectivity index (χ0v) is 11.3. The predicted molar refractivity (Wildman–Crippen MR) is 74.2 cm³/mol. The third kappa shape index (κ3) is 3.31. The number of aliphatic hydroxyl groups is 1. The summed E-state index contributed by atoms with van der Waals surface area (Å²) < 4.78 is 0. The molecule has 3 N–H and O–H groups in total. The average molecular weight is 248 g/mol. The van der Waals surface area contributed by atoms with Crippen molar-refractivity contribution < 1.29 is 5.11 Å². The van der Waals surface area contributed by atoms with Crippen molar-refractivity contribution in [3.8, 4) is 0 Å². The Morgan fingerprint density at radius 1 is 1.39 bits per heavy atom. The highest BCUT2D eigenvalue weighted by Gasteiger charge is 2.32. The Kier molecular flexibility index (Phi) is 4.05. The van der Waals surface area contributed by atoms with E-state index in [2.05, 4.69) is 24.0 Å². The van der Waals surface area contributed by atoms with Crippen molar-refractivity contribution >= 4 is 0 Å². The fourth-order valence-corrected chi connectivity index (χ4v) is 2.72. The van der Waals surface area contributed by atoms with Crippen molar-refractivity contribution in [2.45, 2.75) is 31.9 Å². The Balaban J connectivity index is 1.90. The summed E-state index contributed by atoms with van der Waals surface area (Å²) in [5.41, 5.74) is 6.97. The van der Waals surface area contributed by atoms with E-state index < -0.39 is 5.60 Å². The molecule has 1 aromatic carbocycles. The van der Waals surface area contributed by atoms with Gasteiger partial charge in [-0.25, -0.2) is 0 Å². The van der Waals surface area contributed by atoms with Gasteiger partial charge in [-0.3, -0.25) is 0 Å². The van der Waals surface area contributed by atoms with E-state index in [1.54, 1.807) is 0 Å². The Labute approximate surface area is 110 Å². The van der Waals surface area contributed by atoms with E-state index in [0.29, 0.717) is 5.92 Å². The van der Waals surface area contributed by atoms with Gasteiger partial charge in [0.05, 0.1) is 5.60 Å². The molecule has 18 heavy (non-hydrogen) atoms. The molecule has 3 atom stereocenters. The number of hydrogen-bond donors (Lipinski definition) is 2. The maximum Gasteiger partial charge on any atom is 0.0758 e. The molecule has 1 aromatic rings. The van der Waals surface area contributed by atoms with Crippen LogP contribution in [0.4, 0.5) is 0 Å². The van der Waals surface area contributed by atoms with Crippen molar-refractivity contribution in [3.05, 3.63) is 35.9 Å². The highest BCUT2D eigenvalue weighted by atomic mass is 16.3. The Hall–Kier alpha value is -0.900. The second-order valence-electron chi connectivity index (χ2n) is 5.90. The van der Waals surface area contributed by atoms with Gasteiger partial charge in [0.1, 0.15) is 0 Å². The first kappa shape index (κ1) is 13.5.